The maximum absolute atomic E-state index is 12.9. The van der Waals surface area contributed by atoms with Crippen LogP contribution in [0.5, 0.6) is 0 Å². The summed E-state index contributed by atoms with van der Waals surface area (Å²) in [5.74, 6) is -2.82. The minimum absolute atomic E-state index is 0.141. The predicted octanol–water partition coefficient (Wildman–Crippen LogP) is 2.70. The van der Waals surface area contributed by atoms with Crippen LogP contribution in [0.4, 0.5) is 14.5 Å². The van der Waals surface area contributed by atoms with Gasteiger partial charge in [0.1, 0.15) is 18.2 Å². The smallest absolute Gasteiger partial charge is 0.323 e. The first-order valence-electron chi connectivity index (χ1n) is 6.02. The summed E-state index contributed by atoms with van der Waals surface area (Å²) in [6.07, 6.45) is 0. The molecule has 6 heteroatoms. The lowest BCUT2D eigenvalue weighted by Crippen LogP contribution is -2.35. The summed E-state index contributed by atoms with van der Waals surface area (Å²) < 4.78 is 25.8. The molecule has 0 heterocycles. The second-order valence-corrected chi connectivity index (χ2v) is 4.27. The van der Waals surface area contributed by atoms with Crippen molar-refractivity contribution in [1.29, 1.82) is 0 Å². The Balaban J connectivity index is 2.35. The monoisotopic (exact) mass is 291 g/mol. The zero-order chi connectivity index (χ0) is 15.4. The van der Waals surface area contributed by atoms with E-state index in [0.717, 1.165) is 29.2 Å². The molecular weight excluding hydrogens is 280 g/mol. The van der Waals surface area contributed by atoms with Crippen LogP contribution in [-0.4, -0.2) is 23.5 Å². The minimum Gasteiger partial charge on any atom is -0.480 e. The number of carboxylic acids is 1. The number of nitrogens with zero attached hydrogens (tertiary/aromatic N) is 1. The van der Waals surface area contributed by atoms with Gasteiger partial charge in [0.05, 0.1) is 0 Å². The van der Waals surface area contributed by atoms with Crippen molar-refractivity contribution in [3.63, 3.8) is 0 Å². The third-order valence-corrected chi connectivity index (χ3v) is 2.77. The molecule has 0 aliphatic rings. The molecule has 2 aromatic rings. The lowest BCUT2D eigenvalue weighted by Gasteiger charge is -2.21. The van der Waals surface area contributed by atoms with E-state index in [1.807, 2.05) is 0 Å². The van der Waals surface area contributed by atoms with Crippen LogP contribution in [0, 0.1) is 11.6 Å². The van der Waals surface area contributed by atoms with Crippen LogP contribution in [0.25, 0.3) is 0 Å². The molecule has 4 nitrogen and oxygen atoms in total. The number of carbonyl (C=O) groups is 2. The van der Waals surface area contributed by atoms with Gasteiger partial charge in [-0.05, 0) is 48.5 Å². The van der Waals surface area contributed by atoms with E-state index in [9.17, 15) is 18.4 Å². The zero-order valence-corrected chi connectivity index (χ0v) is 10.8. The zero-order valence-electron chi connectivity index (χ0n) is 10.8. The van der Waals surface area contributed by atoms with Gasteiger partial charge in [-0.1, -0.05) is 0 Å². The Hall–Kier alpha value is -2.76. The minimum atomic E-state index is -1.21. The quantitative estimate of drug-likeness (QED) is 0.942. The van der Waals surface area contributed by atoms with Gasteiger partial charge >= 0.3 is 5.97 Å². The predicted molar refractivity (Wildman–Crippen MR) is 72.1 cm³/mol. The van der Waals surface area contributed by atoms with Crippen LogP contribution in [0.15, 0.2) is 48.5 Å². The lowest BCUT2D eigenvalue weighted by molar-refractivity contribution is -0.135. The fourth-order valence-corrected chi connectivity index (χ4v) is 1.78. The Morgan fingerprint density at radius 3 is 1.86 bits per heavy atom. The highest BCUT2D eigenvalue weighted by atomic mass is 19.1. The number of halogens is 2. The van der Waals surface area contributed by atoms with Gasteiger partial charge in [0, 0.05) is 11.3 Å². The Labute approximate surface area is 119 Å². The molecule has 0 aliphatic heterocycles. The molecule has 21 heavy (non-hydrogen) atoms. The van der Waals surface area contributed by atoms with Gasteiger partial charge in [-0.15, -0.1) is 0 Å². The molecule has 0 unspecified atom stereocenters. The van der Waals surface area contributed by atoms with Crippen LogP contribution < -0.4 is 4.90 Å². The number of rotatable bonds is 4. The van der Waals surface area contributed by atoms with Gasteiger partial charge in [-0.3, -0.25) is 14.5 Å². The molecule has 0 saturated carbocycles. The second kappa shape index (κ2) is 6.13. The Kier molecular flexibility index (Phi) is 4.27. The topological polar surface area (TPSA) is 57.6 Å². The van der Waals surface area contributed by atoms with Crippen molar-refractivity contribution in [2.24, 2.45) is 0 Å². The molecular formula is C15H11F2NO3. The highest BCUT2D eigenvalue weighted by Crippen LogP contribution is 2.18. The summed E-state index contributed by atoms with van der Waals surface area (Å²) in [6.45, 7) is -0.582. The molecule has 0 bridgehead atoms. The fraction of sp³-hybridized carbons (Fsp3) is 0.0667. The molecule has 108 valence electrons. The van der Waals surface area contributed by atoms with Crippen molar-refractivity contribution in [3.05, 3.63) is 65.7 Å². The van der Waals surface area contributed by atoms with E-state index in [4.69, 9.17) is 5.11 Å². The van der Waals surface area contributed by atoms with Gasteiger partial charge in [-0.2, -0.15) is 0 Å². The first-order valence-corrected chi connectivity index (χ1v) is 6.02. The summed E-state index contributed by atoms with van der Waals surface area (Å²) in [6, 6.07) is 9.60. The van der Waals surface area contributed by atoms with E-state index in [0.29, 0.717) is 0 Å². The number of benzene rings is 2. The second-order valence-electron chi connectivity index (χ2n) is 4.27. The van der Waals surface area contributed by atoms with Crippen molar-refractivity contribution in [2.75, 3.05) is 11.4 Å². The van der Waals surface area contributed by atoms with Crippen LogP contribution in [0.2, 0.25) is 0 Å². The van der Waals surface area contributed by atoms with Gasteiger partial charge in [-0.25, -0.2) is 8.78 Å². The molecule has 0 spiro atoms. The number of carboxylic acid groups (broad SMARTS) is 1. The number of aliphatic carboxylic acids is 1. The van der Waals surface area contributed by atoms with E-state index in [2.05, 4.69) is 0 Å². The van der Waals surface area contributed by atoms with Crippen molar-refractivity contribution in [2.45, 2.75) is 0 Å². The van der Waals surface area contributed by atoms with E-state index < -0.39 is 30.1 Å². The van der Waals surface area contributed by atoms with Crippen molar-refractivity contribution >= 4 is 17.6 Å². The van der Waals surface area contributed by atoms with Gasteiger partial charge in [0.2, 0.25) is 0 Å². The maximum atomic E-state index is 12.9. The third-order valence-electron chi connectivity index (χ3n) is 2.77. The van der Waals surface area contributed by atoms with E-state index in [1.165, 1.54) is 24.3 Å². The molecule has 0 saturated heterocycles. The van der Waals surface area contributed by atoms with E-state index >= 15 is 0 Å². The molecule has 2 aromatic carbocycles. The van der Waals surface area contributed by atoms with Gasteiger partial charge < -0.3 is 5.11 Å². The highest BCUT2D eigenvalue weighted by Gasteiger charge is 2.20. The molecule has 0 fully saturated rings. The van der Waals surface area contributed by atoms with Gasteiger partial charge in [0.25, 0.3) is 5.91 Å². The number of anilines is 1. The first kappa shape index (κ1) is 14.6. The Morgan fingerprint density at radius 2 is 1.38 bits per heavy atom. The van der Waals surface area contributed by atoms with Gasteiger partial charge in [0.15, 0.2) is 0 Å². The number of hydrogen-bond donors (Lipinski definition) is 1. The Morgan fingerprint density at radius 1 is 0.905 bits per heavy atom. The number of carbonyl (C=O) groups excluding carboxylic acids is 1. The largest absolute Gasteiger partial charge is 0.480 e. The Bertz CT molecular complexity index is 654. The molecule has 1 N–H and O–H groups in total. The molecule has 0 atom stereocenters. The summed E-state index contributed by atoms with van der Waals surface area (Å²) in [5, 5.41) is 8.91. The summed E-state index contributed by atoms with van der Waals surface area (Å²) in [7, 11) is 0. The van der Waals surface area contributed by atoms with Crippen molar-refractivity contribution < 1.29 is 23.5 Å². The molecule has 0 aliphatic carbocycles. The average Bonchev–Trinajstić information content (AvgIpc) is 2.46. The van der Waals surface area contributed by atoms with Crippen LogP contribution in [-0.2, 0) is 4.79 Å². The third kappa shape index (κ3) is 3.62. The summed E-state index contributed by atoms with van der Waals surface area (Å²) in [5.41, 5.74) is 0.384. The van der Waals surface area contributed by atoms with Crippen molar-refractivity contribution in [3.8, 4) is 0 Å². The number of amides is 1. The molecule has 0 radical (unpaired) electrons. The molecule has 2 rings (SSSR count). The standard InChI is InChI=1S/C15H11F2NO3/c16-11-3-1-10(2-4-11)15(21)18(9-14(19)20)13-7-5-12(17)6-8-13/h1-8H,9H2,(H,19,20). The van der Waals surface area contributed by atoms with Crippen LogP contribution >= 0.6 is 0 Å². The van der Waals surface area contributed by atoms with E-state index in [1.54, 1.807) is 0 Å². The van der Waals surface area contributed by atoms with Crippen LogP contribution in [0.3, 0.4) is 0 Å². The molecule has 0 aromatic heterocycles. The van der Waals surface area contributed by atoms with Crippen LogP contribution in [0.1, 0.15) is 10.4 Å². The average molecular weight is 291 g/mol. The normalized spacial score (nSPS) is 10.2. The summed E-state index contributed by atoms with van der Waals surface area (Å²) >= 11 is 0. The van der Waals surface area contributed by atoms with Crippen molar-refractivity contribution in [1.82, 2.24) is 0 Å². The first-order chi connectivity index (χ1) is 9.97. The maximum Gasteiger partial charge on any atom is 0.323 e. The lowest BCUT2D eigenvalue weighted by atomic mass is 10.1. The SMILES string of the molecule is O=C(O)CN(C(=O)c1ccc(F)cc1)c1ccc(F)cc1. The summed E-state index contributed by atoms with van der Waals surface area (Å²) in [4.78, 5) is 24.2. The fourth-order valence-electron chi connectivity index (χ4n) is 1.78. The highest BCUT2D eigenvalue weighted by molar-refractivity contribution is 6.08. The number of hydrogen-bond acceptors (Lipinski definition) is 2. The van der Waals surface area contributed by atoms with E-state index in [-0.39, 0.29) is 11.3 Å². The molecule has 1 amide bonds.